The molecule has 1 amide bonds. The van der Waals surface area contributed by atoms with Crippen LogP contribution in [0.3, 0.4) is 0 Å². The average Bonchev–Trinajstić information content (AvgIpc) is 3.46. The number of hydrogen-bond acceptors (Lipinski definition) is 7. The van der Waals surface area contributed by atoms with Gasteiger partial charge >= 0.3 is 0 Å². The molecule has 3 aliphatic heterocycles. The van der Waals surface area contributed by atoms with Crippen LogP contribution in [-0.4, -0.2) is 63.0 Å². The number of nitrogens with zero attached hydrogens (tertiary/aromatic N) is 2. The highest BCUT2D eigenvalue weighted by molar-refractivity contribution is 5.95. The summed E-state index contributed by atoms with van der Waals surface area (Å²) in [5, 5.41) is 7.45. The molecule has 3 heterocycles. The van der Waals surface area contributed by atoms with E-state index in [4.69, 9.17) is 14.2 Å². The zero-order chi connectivity index (χ0) is 23.7. The molecule has 8 heteroatoms. The van der Waals surface area contributed by atoms with E-state index in [1.165, 1.54) is 0 Å². The molecule has 3 aliphatic rings. The van der Waals surface area contributed by atoms with Crippen molar-refractivity contribution < 1.29 is 19.0 Å². The second kappa shape index (κ2) is 9.54. The van der Waals surface area contributed by atoms with E-state index in [1.54, 1.807) is 7.11 Å². The predicted octanol–water partition coefficient (Wildman–Crippen LogP) is 3.03. The van der Waals surface area contributed by atoms with Crippen molar-refractivity contribution in [1.29, 1.82) is 0 Å². The van der Waals surface area contributed by atoms with Crippen molar-refractivity contribution in [2.75, 3.05) is 45.7 Å². The normalized spacial score (nSPS) is 24.0. The molecule has 1 fully saturated rings. The fourth-order valence-corrected chi connectivity index (χ4v) is 4.87. The summed E-state index contributed by atoms with van der Waals surface area (Å²) >= 11 is 0. The SMILES string of the molecule is COc1ccc2c(c1)CC(C(=O)Nc1ccc(C3CNN=C3C)cc1OC1CCN(C)C1)CO2. The zero-order valence-electron chi connectivity index (χ0n) is 20.0. The lowest BCUT2D eigenvalue weighted by atomic mass is 9.94. The van der Waals surface area contributed by atoms with E-state index in [2.05, 4.69) is 39.9 Å². The largest absolute Gasteiger partial charge is 0.497 e. The molecule has 0 saturated carbocycles. The Labute approximate surface area is 200 Å². The number of hydrazone groups is 1. The Kier molecular flexibility index (Phi) is 6.32. The summed E-state index contributed by atoms with van der Waals surface area (Å²) in [4.78, 5) is 15.5. The third kappa shape index (κ3) is 4.68. The topological polar surface area (TPSA) is 84.4 Å². The van der Waals surface area contributed by atoms with E-state index in [1.807, 2.05) is 31.2 Å². The molecule has 2 aromatic rings. The Morgan fingerprint density at radius 2 is 2.15 bits per heavy atom. The number of nitrogens with one attached hydrogen (secondary N) is 2. The Bertz CT molecular complexity index is 1100. The molecular formula is C26H32N4O4. The molecule has 2 N–H and O–H groups in total. The number of carbonyl (C=O) groups is 1. The van der Waals surface area contributed by atoms with Crippen molar-refractivity contribution in [3.8, 4) is 17.2 Å². The van der Waals surface area contributed by atoms with Gasteiger partial charge in [0.2, 0.25) is 5.91 Å². The van der Waals surface area contributed by atoms with Gasteiger partial charge in [0.1, 0.15) is 30.0 Å². The summed E-state index contributed by atoms with van der Waals surface area (Å²) in [7, 11) is 3.74. The summed E-state index contributed by atoms with van der Waals surface area (Å²) in [6, 6.07) is 11.8. The number of benzene rings is 2. The van der Waals surface area contributed by atoms with Gasteiger partial charge in [-0.05, 0) is 68.3 Å². The number of ether oxygens (including phenoxy) is 3. The highest BCUT2D eigenvalue weighted by atomic mass is 16.5. The van der Waals surface area contributed by atoms with Gasteiger partial charge in [-0.15, -0.1) is 0 Å². The van der Waals surface area contributed by atoms with Crippen LogP contribution < -0.4 is 25.0 Å². The Morgan fingerprint density at radius 1 is 1.26 bits per heavy atom. The van der Waals surface area contributed by atoms with E-state index in [9.17, 15) is 4.79 Å². The minimum absolute atomic E-state index is 0.0742. The third-order valence-corrected chi connectivity index (χ3v) is 6.91. The molecule has 0 aliphatic carbocycles. The molecule has 0 aromatic heterocycles. The van der Waals surface area contributed by atoms with Crippen LogP contribution in [0.25, 0.3) is 0 Å². The first kappa shape index (κ1) is 22.5. The van der Waals surface area contributed by atoms with Crippen molar-refractivity contribution in [2.45, 2.75) is 31.8 Å². The van der Waals surface area contributed by atoms with E-state index < -0.39 is 0 Å². The van der Waals surface area contributed by atoms with E-state index in [-0.39, 0.29) is 23.8 Å². The van der Waals surface area contributed by atoms with E-state index in [0.717, 1.165) is 54.4 Å². The number of anilines is 1. The average molecular weight is 465 g/mol. The summed E-state index contributed by atoms with van der Waals surface area (Å²) in [6.07, 6.45) is 1.67. The van der Waals surface area contributed by atoms with Crippen molar-refractivity contribution in [1.82, 2.24) is 10.3 Å². The van der Waals surface area contributed by atoms with Crippen LogP contribution in [0.5, 0.6) is 17.2 Å². The number of likely N-dealkylation sites (tertiary alicyclic amines) is 1. The molecular weight excluding hydrogens is 432 g/mol. The Morgan fingerprint density at radius 3 is 2.88 bits per heavy atom. The molecule has 1 saturated heterocycles. The number of fused-ring (bicyclic) bond motifs is 1. The lowest BCUT2D eigenvalue weighted by molar-refractivity contribution is -0.121. The number of carbonyl (C=O) groups excluding carboxylic acids is 1. The van der Waals surface area contributed by atoms with Gasteiger partial charge in [0, 0.05) is 31.3 Å². The van der Waals surface area contributed by atoms with Gasteiger partial charge < -0.3 is 29.9 Å². The van der Waals surface area contributed by atoms with Crippen molar-refractivity contribution in [3.63, 3.8) is 0 Å². The monoisotopic (exact) mass is 464 g/mol. The highest BCUT2D eigenvalue weighted by Gasteiger charge is 2.29. The van der Waals surface area contributed by atoms with Crippen LogP contribution in [0.4, 0.5) is 5.69 Å². The molecule has 0 spiro atoms. The molecule has 3 atom stereocenters. The Hall–Kier alpha value is -3.26. The van der Waals surface area contributed by atoms with Gasteiger partial charge in [0.05, 0.1) is 18.7 Å². The van der Waals surface area contributed by atoms with E-state index in [0.29, 0.717) is 24.5 Å². The number of hydrogen-bond donors (Lipinski definition) is 2. The van der Waals surface area contributed by atoms with Crippen LogP contribution in [0.2, 0.25) is 0 Å². The molecule has 5 rings (SSSR count). The van der Waals surface area contributed by atoms with Gasteiger partial charge in [-0.1, -0.05) is 6.07 Å². The molecule has 0 bridgehead atoms. The maximum Gasteiger partial charge on any atom is 0.231 e. The van der Waals surface area contributed by atoms with Crippen molar-refractivity contribution in [2.24, 2.45) is 11.0 Å². The third-order valence-electron chi connectivity index (χ3n) is 6.91. The minimum atomic E-state index is -0.293. The lowest BCUT2D eigenvalue weighted by Crippen LogP contribution is -2.33. The van der Waals surface area contributed by atoms with Crippen molar-refractivity contribution >= 4 is 17.3 Å². The number of methoxy groups -OCH3 is 1. The van der Waals surface area contributed by atoms with Crippen LogP contribution in [0, 0.1) is 5.92 Å². The second-order valence-corrected chi connectivity index (χ2v) is 9.39. The summed E-state index contributed by atoms with van der Waals surface area (Å²) in [6.45, 7) is 5.02. The Balaban J connectivity index is 1.35. The van der Waals surface area contributed by atoms with Gasteiger partial charge in [-0.2, -0.15) is 5.10 Å². The summed E-state index contributed by atoms with van der Waals surface area (Å²) in [5.41, 5.74) is 6.93. The fourth-order valence-electron chi connectivity index (χ4n) is 4.87. The molecule has 3 unspecified atom stereocenters. The first-order valence-corrected chi connectivity index (χ1v) is 11.9. The maximum absolute atomic E-state index is 13.3. The predicted molar refractivity (Wildman–Crippen MR) is 131 cm³/mol. The summed E-state index contributed by atoms with van der Waals surface area (Å²) < 4.78 is 17.6. The smallest absolute Gasteiger partial charge is 0.231 e. The molecule has 0 radical (unpaired) electrons. The zero-order valence-corrected chi connectivity index (χ0v) is 20.0. The number of rotatable bonds is 6. The molecule has 180 valence electrons. The number of amides is 1. The molecule has 2 aromatic carbocycles. The first-order valence-electron chi connectivity index (χ1n) is 11.9. The standard InChI is InChI=1S/C26H32N4O4/c1-16-22(13-27-29-16)17-4-6-23(25(12-17)34-21-8-9-30(2)14-21)28-26(31)19-10-18-11-20(32-3)5-7-24(18)33-15-19/h4-7,11-12,19,21-22,27H,8-10,13-15H2,1-3H3,(H,28,31). The molecule has 34 heavy (non-hydrogen) atoms. The summed E-state index contributed by atoms with van der Waals surface area (Å²) in [5.74, 6) is 2.12. The lowest BCUT2D eigenvalue weighted by Gasteiger charge is -2.26. The van der Waals surface area contributed by atoms with Gasteiger partial charge in [0.15, 0.2) is 0 Å². The molecule has 8 nitrogen and oxygen atoms in total. The van der Waals surface area contributed by atoms with Crippen LogP contribution in [0.1, 0.15) is 30.4 Å². The first-order chi connectivity index (χ1) is 16.5. The highest BCUT2D eigenvalue weighted by Crippen LogP contribution is 2.35. The van der Waals surface area contributed by atoms with Crippen molar-refractivity contribution in [3.05, 3.63) is 47.5 Å². The van der Waals surface area contributed by atoms with Gasteiger partial charge in [-0.25, -0.2) is 0 Å². The van der Waals surface area contributed by atoms with Gasteiger partial charge in [-0.3, -0.25) is 4.79 Å². The van der Waals surface area contributed by atoms with Crippen LogP contribution in [0.15, 0.2) is 41.5 Å². The minimum Gasteiger partial charge on any atom is -0.497 e. The van der Waals surface area contributed by atoms with E-state index >= 15 is 0 Å². The van der Waals surface area contributed by atoms with Gasteiger partial charge in [0.25, 0.3) is 0 Å². The second-order valence-electron chi connectivity index (χ2n) is 9.39. The van der Waals surface area contributed by atoms with Crippen LogP contribution >= 0.6 is 0 Å². The maximum atomic E-state index is 13.3. The quantitative estimate of drug-likeness (QED) is 0.684. The number of likely N-dealkylation sites (N-methyl/N-ethyl adjacent to an activating group) is 1. The fraction of sp³-hybridized carbons (Fsp3) is 0.462. The van der Waals surface area contributed by atoms with Crippen LogP contribution in [-0.2, 0) is 11.2 Å².